The van der Waals surface area contributed by atoms with Gasteiger partial charge in [-0.25, -0.2) is 9.37 Å². The van der Waals surface area contributed by atoms with Crippen molar-refractivity contribution in [1.29, 1.82) is 0 Å². The van der Waals surface area contributed by atoms with Crippen molar-refractivity contribution in [1.82, 2.24) is 14.5 Å². The Balaban J connectivity index is 1.76. The molecule has 6 heteroatoms. The quantitative estimate of drug-likeness (QED) is 0.581. The molecule has 1 N–H and O–H groups in total. The zero-order valence-corrected chi connectivity index (χ0v) is 11.8. The molecule has 0 aliphatic rings. The third-order valence-electron chi connectivity index (χ3n) is 2.92. The van der Waals surface area contributed by atoms with Gasteiger partial charge in [0.2, 0.25) is 0 Å². The van der Waals surface area contributed by atoms with Crippen molar-refractivity contribution in [3.05, 3.63) is 66.5 Å². The minimum Gasteiger partial charge on any atom is -0.359 e. The van der Waals surface area contributed by atoms with Gasteiger partial charge in [-0.2, -0.15) is 0 Å². The van der Waals surface area contributed by atoms with Crippen LogP contribution in [0.1, 0.15) is 10.5 Å². The highest BCUT2D eigenvalue weighted by Crippen LogP contribution is 2.21. The molecule has 4 nitrogen and oxygen atoms in total. The van der Waals surface area contributed by atoms with Crippen molar-refractivity contribution in [2.45, 2.75) is 5.16 Å². The number of aromatic nitrogens is 3. The molecule has 0 atom stereocenters. The average molecular weight is 301 g/mol. The molecule has 0 aliphatic heterocycles. The molecule has 0 fully saturated rings. The SMILES string of the molecule is O=C(CSc1nccn1-c1cccc(F)c1)c1ccc[nH]1. The maximum absolute atomic E-state index is 13.3. The summed E-state index contributed by atoms with van der Waals surface area (Å²) >= 11 is 1.32. The Morgan fingerprint density at radius 1 is 1.33 bits per heavy atom. The zero-order valence-electron chi connectivity index (χ0n) is 11.0. The van der Waals surface area contributed by atoms with E-state index in [1.165, 1.54) is 23.9 Å². The number of hydrogen-bond acceptors (Lipinski definition) is 3. The van der Waals surface area contributed by atoms with Crippen molar-refractivity contribution >= 4 is 17.5 Å². The third kappa shape index (κ3) is 3.05. The van der Waals surface area contributed by atoms with Crippen molar-refractivity contribution in [3.63, 3.8) is 0 Å². The molecule has 0 spiro atoms. The van der Waals surface area contributed by atoms with Crippen LogP contribution in [0.4, 0.5) is 4.39 Å². The first-order chi connectivity index (χ1) is 10.2. The molecule has 2 aromatic heterocycles. The van der Waals surface area contributed by atoms with Gasteiger partial charge in [-0.15, -0.1) is 0 Å². The van der Waals surface area contributed by atoms with Crippen LogP contribution in [-0.2, 0) is 0 Å². The Kier molecular flexibility index (Phi) is 3.87. The third-order valence-corrected chi connectivity index (χ3v) is 3.89. The first kappa shape index (κ1) is 13.6. The van der Waals surface area contributed by atoms with Gasteiger partial charge in [0.1, 0.15) is 5.82 Å². The normalized spacial score (nSPS) is 10.7. The number of benzene rings is 1. The van der Waals surface area contributed by atoms with Crippen molar-refractivity contribution in [2.75, 3.05) is 5.75 Å². The molecule has 106 valence electrons. The van der Waals surface area contributed by atoms with E-state index in [9.17, 15) is 9.18 Å². The highest BCUT2D eigenvalue weighted by Gasteiger charge is 2.11. The number of halogens is 1. The van der Waals surface area contributed by atoms with Crippen LogP contribution in [-0.4, -0.2) is 26.1 Å². The lowest BCUT2D eigenvalue weighted by Gasteiger charge is -2.07. The molecule has 1 aromatic carbocycles. The monoisotopic (exact) mass is 301 g/mol. The predicted octanol–water partition coefficient (Wildman–Crippen LogP) is 3.31. The highest BCUT2D eigenvalue weighted by atomic mass is 32.2. The Bertz CT molecular complexity index is 752. The summed E-state index contributed by atoms with van der Waals surface area (Å²) in [6.07, 6.45) is 5.09. The van der Waals surface area contributed by atoms with E-state index in [0.29, 0.717) is 16.5 Å². The molecule has 0 saturated carbocycles. The summed E-state index contributed by atoms with van der Waals surface area (Å²) in [6, 6.07) is 9.78. The van der Waals surface area contributed by atoms with Crippen LogP contribution in [0.2, 0.25) is 0 Å². The summed E-state index contributed by atoms with van der Waals surface area (Å²) in [5, 5.41) is 0.653. The van der Waals surface area contributed by atoms with Gasteiger partial charge in [-0.1, -0.05) is 17.8 Å². The Morgan fingerprint density at radius 3 is 3.00 bits per heavy atom. The molecule has 0 unspecified atom stereocenters. The maximum atomic E-state index is 13.3. The molecule has 3 aromatic rings. The Hall–Kier alpha value is -2.34. The summed E-state index contributed by atoms with van der Waals surface area (Å²) in [6.45, 7) is 0. The lowest BCUT2D eigenvalue weighted by Crippen LogP contribution is -2.04. The minimum atomic E-state index is -0.306. The Morgan fingerprint density at radius 2 is 2.24 bits per heavy atom. The summed E-state index contributed by atoms with van der Waals surface area (Å²) in [5.41, 5.74) is 1.26. The van der Waals surface area contributed by atoms with Crippen LogP contribution >= 0.6 is 11.8 Å². The molecule has 21 heavy (non-hydrogen) atoms. The molecule has 0 radical (unpaired) electrons. The lowest BCUT2D eigenvalue weighted by atomic mass is 10.3. The lowest BCUT2D eigenvalue weighted by molar-refractivity contribution is 0.101. The maximum Gasteiger partial charge on any atom is 0.189 e. The minimum absolute atomic E-state index is 0.00112. The summed E-state index contributed by atoms with van der Waals surface area (Å²) in [5.74, 6) is -0.0364. The van der Waals surface area contributed by atoms with Crippen LogP contribution in [0.5, 0.6) is 0 Å². The number of H-pyrrole nitrogens is 1. The molecule has 0 bridgehead atoms. The average Bonchev–Trinajstić information content (AvgIpc) is 3.16. The first-order valence-corrected chi connectivity index (χ1v) is 7.31. The molecular formula is C15H12FN3OS. The van der Waals surface area contributed by atoms with Crippen LogP contribution < -0.4 is 0 Å². The number of ketones is 1. The van der Waals surface area contributed by atoms with Crippen LogP contribution in [0.25, 0.3) is 5.69 Å². The number of rotatable bonds is 5. The van der Waals surface area contributed by atoms with Gasteiger partial charge in [0.25, 0.3) is 0 Å². The second kappa shape index (κ2) is 5.97. The van der Waals surface area contributed by atoms with Gasteiger partial charge < -0.3 is 4.98 Å². The fraction of sp³-hybridized carbons (Fsp3) is 0.0667. The van der Waals surface area contributed by atoms with Crippen molar-refractivity contribution < 1.29 is 9.18 Å². The molecule has 2 heterocycles. The predicted molar refractivity (Wildman–Crippen MR) is 79.4 cm³/mol. The van der Waals surface area contributed by atoms with E-state index >= 15 is 0 Å². The van der Waals surface area contributed by atoms with E-state index in [1.54, 1.807) is 47.4 Å². The van der Waals surface area contributed by atoms with E-state index in [0.717, 1.165) is 0 Å². The molecule has 0 amide bonds. The van der Waals surface area contributed by atoms with E-state index < -0.39 is 0 Å². The van der Waals surface area contributed by atoms with Gasteiger partial charge in [-0.3, -0.25) is 9.36 Å². The number of nitrogens with zero attached hydrogens (tertiary/aromatic N) is 2. The van der Waals surface area contributed by atoms with Gasteiger partial charge >= 0.3 is 0 Å². The van der Waals surface area contributed by atoms with Crippen molar-refractivity contribution in [3.8, 4) is 5.69 Å². The number of Topliss-reactive ketones (excluding diaryl/α,β-unsaturated/α-hetero) is 1. The number of nitrogens with one attached hydrogen (secondary N) is 1. The zero-order chi connectivity index (χ0) is 14.7. The van der Waals surface area contributed by atoms with Crippen molar-refractivity contribution in [2.24, 2.45) is 0 Å². The fourth-order valence-electron chi connectivity index (χ4n) is 1.93. The number of aromatic amines is 1. The highest BCUT2D eigenvalue weighted by molar-refractivity contribution is 7.99. The summed E-state index contributed by atoms with van der Waals surface area (Å²) in [4.78, 5) is 19.1. The van der Waals surface area contributed by atoms with Crippen LogP contribution in [0.3, 0.4) is 0 Å². The number of imidazole rings is 1. The van der Waals surface area contributed by atoms with Crippen LogP contribution in [0, 0.1) is 5.82 Å². The fourth-order valence-corrected chi connectivity index (χ4v) is 2.79. The largest absolute Gasteiger partial charge is 0.359 e. The second-order valence-corrected chi connectivity index (χ2v) is 5.30. The Labute approximate surface area is 125 Å². The standard InChI is InChI=1S/C15H12FN3OS/c16-11-3-1-4-12(9-11)19-8-7-18-15(19)21-10-14(20)13-5-2-6-17-13/h1-9,17H,10H2. The number of hydrogen-bond donors (Lipinski definition) is 1. The number of carbonyl (C=O) groups excluding carboxylic acids is 1. The van der Waals surface area contributed by atoms with Gasteiger partial charge in [0.15, 0.2) is 10.9 Å². The van der Waals surface area contributed by atoms with E-state index in [2.05, 4.69) is 9.97 Å². The van der Waals surface area contributed by atoms with Crippen LogP contribution in [0.15, 0.2) is 60.1 Å². The van der Waals surface area contributed by atoms with E-state index in [1.807, 2.05) is 0 Å². The van der Waals surface area contributed by atoms with E-state index in [-0.39, 0.29) is 17.4 Å². The summed E-state index contributed by atoms with van der Waals surface area (Å²) in [7, 11) is 0. The molecular weight excluding hydrogens is 289 g/mol. The van der Waals surface area contributed by atoms with Gasteiger partial charge in [-0.05, 0) is 30.3 Å². The molecule has 0 saturated heterocycles. The summed E-state index contributed by atoms with van der Waals surface area (Å²) < 4.78 is 15.1. The second-order valence-electron chi connectivity index (χ2n) is 4.36. The molecule has 3 rings (SSSR count). The number of thioether (sulfide) groups is 1. The van der Waals surface area contributed by atoms with Gasteiger partial charge in [0.05, 0.1) is 17.1 Å². The molecule has 0 aliphatic carbocycles. The number of carbonyl (C=O) groups is 1. The first-order valence-electron chi connectivity index (χ1n) is 6.33. The van der Waals surface area contributed by atoms with Gasteiger partial charge in [0, 0.05) is 18.6 Å². The topological polar surface area (TPSA) is 50.7 Å². The van der Waals surface area contributed by atoms with E-state index in [4.69, 9.17) is 0 Å². The smallest absolute Gasteiger partial charge is 0.189 e.